The number of hydrogen-bond acceptors (Lipinski definition) is 5. The van der Waals surface area contributed by atoms with Crippen LogP contribution in [-0.4, -0.2) is 29.3 Å². The van der Waals surface area contributed by atoms with Gasteiger partial charge in [0.15, 0.2) is 0 Å². The molecule has 32 heavy (non-hydrogen) atoms. The summed E-state index contributed by atoms with van der Waals surface area (Å²) in [5.41, 5.74) is 8.36. The van der Waals surface area contributed by atoms with Gasteiger partial charge in [-0.05, 0) is 59.5 Å². The van der Waals surface area contributed by atoms with Gasteiger partial charge in [0.25, 0.3) is 5.91 Å². The van der Waals surface area contributed by atoms with Crippen LogP contribution in [0.15, 0.2) is 47.2 Å². The van der Waals surface area contributed by atoms with Crippen molar-refractivity contribution < 1.29 is 14.4 Å². The summed E-state index contributed by atoms with van der Waals surface area (Å²) >= 11 is 3.18. The van der Waals surface area contributed by atoms with Crippen molar-refractivity contribution in [3.05, 3.63) is 73.6 Å². The molecule has 4 rings (SSSR count). The van der Waals surface area contributed by atoms with Crippen molar-refractivity contribution in [3.8, 4) is 0 Å². The fourth-order valence-corrected chi connectivity index (χ4v) is 5.53. The SMILES string of the molecule is Cc1c(NC(=O)CC(NC(N)=O)c2cccs2)cccc1C(=O)N1CCc2sccc2C1. The van der Waals surface area contributed by atoms with E-state index in [1.807, 2.05) is 29.3 Å². The molecule has 3 aromatic rings. The Bertz CT molecular complexity index is 1140. The first-order valence-electron chi connectivity index (χ1n) is 10.3. The maximum absolute atomic E-state index is 13.2. The minimum Gasteiger partial charge on any atom is -0.352 e. The molecule has 1 aliphatic rings. The number of anilines is 1. The van der Waals surface area contributed by atoms with Crippen molar-refractivity contribution in [2.45, 2.75) is 32.4 Å². The first kappa shape index (κ1) is 22.0. The van der Waals surface area contributed by atoms with Gasteiger partial charge in [0, 0.05) is 34.1 Å². The first-order valence-corrected chi connectivity index (χ1v) is 12.0. The van der Waals surface area contributed by atoms with Crippen LogP contribution in [0, 0.1) is 6.92 Å². The number of rotatable bonds is 6. The Kier molecular flexibility index (Phi) is 6.57. The summed E-state index contributed by atoms with van der Waals surface area (Å²) < 4.78 is 0. The average Bonchev–Trinajstić information content (AvgIpc) is 3.45. The summed E-state index contributed by atoms with van der Waals surface area (Å²) in [6, 6.07) is 9.92. The normalized spacial score (nSPS) is 13.8. The van der Waals surface area contributed by atoms with E-state index in [0.29, 0.717) is 24.3 Å². The molecule has 1 unspecified atom stereocenters. The largest absolute Gasteiger partial charge is 0.352 e. The van der Waals surface area contributed by atoms with Gasteiger partial charge < -0.3 is 21.3 Å². The van der Waals surface area contributed by atoms with Crippen molar-refractivity contribution >= 4 is 46.2 Å². The highest BCUT2D eigenvalue weighted by Crippen LogP contribution is 2.28. The van der Waals surface area contributed by atoms with Crippen molar-refractivity contribution in [2.24, 2.45) is 5.73 Å². The molecule has 0 fully saturated rings. The summed E-state index contributed by atoms with van der Waals surface area (Å²) in [5.74, 6) is -0.312. The lowest BCUT2D eigenvalue weighted by Gasteiger charge is -2.28. The number of hydrogen-bond donors (Lipinski definition) is 3. The minimum atomic E-state index is -0.685. The molecule has 7 nitrogen and oxygen atoms in total. The van der Waals surface area contributed by atoms with Crippen LogP contribution in [0.2, 0.25) is 0 Å². The van der Waals surface area contributed by atoms with E-state index in [9.17, 15) is 14.4 Å². The van der Waals surface area contributed by atoms with Crippen molar-refractivity contribution in [1.29, 1.82) is 0 Å². The highest BCUT2D eigenvalue weighted by molar-refractivity contribution is 7.10. The highest BCUT2D eigenvalue weighted by atomic mass is 32.1. The third kappa shape index (κ3) is 4.84. The molecule has 1 aromatic carbocycles. The summed E-state index contributed by atoms with van der Waals surface area (Å²) in [4.78, 5) is 41.4. The highest BCUT2D eigenvalue weighted by Gasteiger charge is 2.25. The molecule has 1 aliphatic heterocycles. The summed E-state index contributed by atoms with van der Waals surface area (Å²) in [6.07, 6.45) is 0.902. The molecule has 4 amide bonds. The topological polar surface area (TPSA) is 105 Å². The van der Waals surface area contributed by atoms with Gasteiger partial charge in [-0.25, -0.2) is 4.79 Å². The van der Waals surface area contributed by atoms with E-state index in [1.165, 1.54) is 21.8 Å². The van der Waals surface area contributed by atoms with Crippen LogP contribution in [0.5, 0.6) is 0 Å². The van der Waals surface area contributed by atoms with Gasteiger partial charge >= 0.3 is 6.03 Å². The van der Waals surface area contributed by atoms with E-state index in [1.54, 1.807) is 29.5 Å². The average molecular weight is 469 g/mol. The lowest BCUT2D eigenvalue weighted by atomic mass is 10.0. The number of primary amides is 1. The quantitative estimate of drug-likeness (QED) is 0.508. The van der Waals surface area contributed by atoms with Crippen LogP contribution in [0.3, 0.4) is 0 Å². The molecule has 0 spiro atoms. The molecule has 1 atom stereocenters. The van der Waals surface area contributed by atoms with E-state index in [0.717, 1.165) is 16.9 Å². The van der Waals surface area contributed by atoms with Crippen LogP contribution in [0.25, 0.3) is 0 Å². The molecule has 3 heterocycles. The Labute approximate surface area is 194 Å². The van der Waals surface area contributed by atoms with Crippen LogP contribution < -0.4 is 16.4 Å². The number of nitrogens with two attached hydrogens (primary N) is 1. The van der Waals surface area contributed by atoms with Crippen molar-refractivity contribution in [2.75, 3.05) is 11.9 Å². The van der Waals surface area contributed by atoms with Gasteiger partial charge in [-0.2, -0.15) is 0 Å². The molecule has 4 N–H and O–H groups in total. The Morgan fingerprint density at radius 1 is 1.12 bits per heavy atom. The second kappa shape index (κ2) is 9.54. The van der Waals surface area contributed by atoms with Gasteiger partial charge in [-0.3, -0.25) is 9.59 Å². The number of fused-ring (bicyclic) bond motifs is 1. The molecule has 0 bridgehead atoms. The summed E-state index contributed by atoms with van der Waals surface area (Å²) in [6.45, 7) is 3.12. The second-order valence-corrected chi connectivity index (χ2v) is 9.63. The van der Waals surface area contributed by atoms with Crippen LogP contribution in [0.1, 0.15) is 43.7 Å². The predicted octanol–water partition coefficient (Wildman–Crippen LogP) is 4.05. The molecular weight excluding hydrogens is 444 g/mol. The number of nitrogens with zero attached hydrogens (tertiary/aromatic N) is 1. The smallest absolute Gasteiger partial charge is 0.312 e. The summed E-state index contributed by atoms with van der Waals surface area (Å²) in [7, 11) is 0. The Hall–Kier alpha value is -3.17. The van der Waals surface area contributed by atoms with E-state index in [4.69, 9.17) is 5.73 Å². The van der Waals surface area contributed by atoms with E-state index < -0.39 is 12.1 Å². The van der Waals surface area contributed by atoms with Gasteiger partial charge in [-0.1, -0.05) is 12.1 Å². The minimum absolute atomic E-state index is 0.0358. The third-order valence-corrected chi connectivity index (χ3v) is 7.53. The predicted molar refractivity (Wildman–Crippen MR) is 127 cm³/mol. The van der Waals surface area contributed by atoms with Gasteiger partial charge in [-0.15, -0.1) is 22.7 Å². The lowest BCUT2D eigenvalue weighted by Crippen LogP contribution is -2.36. The van der Waals surface area contributed by atoms with Gasteiger partial charge in [0.05, 0.1) is 12.5 Å². The van der Waals surface area contributed by atoms with E-state index in [2.05, 4.69) is 22.1 Å². The monoisotopic (exact) mass is 468 g/mol. The van der Waals surface area contributed by atoms with Crippen molar-refractivity contribution in [3.63, 3.8) is 0 Å². The zero-order valence-corrected chi connectivity index (χ0v) is 19.2. The molecule has 9 heteroatoms. The van der Waals surface area contributed by atoms with E-state index in [-0.39, 0.29) is 18.2 Å². The maximum Gasteiger partial charge on any atom is 0.312 e. The van der Waals surface area contributed by atoms with Gasteiger partial charge in [0.2, 0.25) is 5.91 Å². The molecule has 2 aromatic heterocycles. The number of urea groups is 1. The first-order chi connectivity index (χ1) is 15.4. The molecule has 0 saturated heterocycles. The van der Waals surface area contributed by atoms with Gasteiger partial charge in [0.1, 0.15) is 0 Å². The molecule has 0 saturated carbocycles. The van der Waals surface area contributed by atoms with Crippen LogP contribution in [0.4, 0.5) is 10.5 Å². The van der Waals surface area contributed by atoms with E-state index >= 15 is 0 Å². The molecule has 0 aliphatic carbocycles. The zero-order valence-electron chi connectivity index (χ0n) is 17.6. The van der Waals surface area contributed by atoms with Crippen molar-refractivity contribution in [1.82, 2.24) is 10.2 Å². The number of carbonyl (C=O) groups is 3. The lowest BCUT2D eigenvalue weighted by molar-refractivity contribution is -0.116. The Balaban J connectivity index is 1.47. The Morgan fingerprint density at radius 2 is 1.97 bits per heavy atom. The van der Waals surface area contributed by atoms with Crippen LogP contribution in [-0.2, 0) is 17.8 Å². The Morgan fingerprint density at radius 3 is 2.72 bits per heavy atom. The fraction of sp³-hybridized carbons (Fsp3) is 0.261. The standard InChI is InChI=1S/C23H24N4O3S2/c1-14-16(22(29)27-9-7-19-15(13-27)8-11-32-19)4-2-5-17(14)25-21(28)12-18(26-23(24)30)20-6-3-10-31-20/h2-6,8,10-11,18H,7,9,12-13H2,1H3,(H,25,28)(H3,24,26,30). The maximum atomic E-state index is 13.2. The molecular formula is C23H24N4O3S2. The number of benzene rings is 1. The number of nitrogens with one attached hydrogen (secondary N) is 2. The van der Waals surface area contributed by atoms with Crippen LogP contribution >= 0.6 is 22.7 Å². The molecule has 166 valence electrons. The second-order valence-electron chi connectivity index (χ2n) is 7.65. The fourth-order valence-electron chi connectivity index (χ4n) is 3.87. The zero-order chi connectivity index (χ0) is 22.7. The number of amides is 4. The number of carbonyl (C=O) groups excluding carboxylic acids is 3. The summed E-state index contributed by atoms with van der Waals surface area (Å²) in [5, 5.41) is 9.45. The number of thiophene rings is 2. The third-order valence-electron chi connectivity index (χ3n) is 5.53. The molecule has 0 radical (unpaired) electrons.